The first kappa shape index (κ1) is 13.4. The van der Waals surface area contributed by atoms with Crippen LogP contribution < -0.4 is 5.32 Å². The van der Waals surface area contributed by atoms with Gasteiger partial charge < -0.3 is 15.2 Å². The number of ether oxygens (including phenoxy) is 1. The number of carbonyl (C=O) groups excluding carboxylic acids is 1. The number of cyclic esters (lactones) is 1. The maximum atomic E-state index is 10.9. The highest BCUT2D eigenvalue weighted by atomic mass is 16.6. The van der Waals surface area contributed by atoms with Crippen LogP contribution in [0, 0.1) is 0 Å². The van der Waals surface area contributed by atoms with Gasteiger partial charge in [0.15, 0.2) is 0 Å². The molecule has 0 bridgehead atoms. The molecule has 1 unspecified atom stereocenters. The number of nitrogens with zero attached hydrogens (tertiary/aromatic N) is 1. The Bertz CT molecular complexity index is 472. The van der Waals surface area contributed by atoms with Crippen LogP contribution in [-0.2, 0) is 11.3 Å². The normalized spacial score (nSPS) is 18.2. The average Bonchev–Trinajstić information content (AvgIpc) is 2.75. The molecule has 1 atom stereocenters. The first-order valence-corrected chi connectivity index (χ1v) is 6.00. The molecular formula is C13H16N2O4. The molecule has 2 rings (SSSR count). The summed E-state index contributed by atoms with van der Waals surface area (Å²) in [5.41, 5.74) is 1.30. The van der Waals surface area contributed by atoms with E-state index < -0.39 is 5.97 Å². The summed E-state index contributed by atoms with van der Waals surface area (Å²) in [4.78, 5) is 23.6. The Labute approximate surface area is 111 Å². The maximum absolute atomic E-state index is 10.9. The summed E-state index contributed by atoms with van der Waals surface area (Å²) in [7, 11) is 1.93. The van der Waals surface area contributed by atoms with Crippen LogP contribution in [0.1, 0.15) is 15.9 Å². The van der Waals surface area contributed by atoms with Gasteiger partial charge in [0.25, 0.3) is 0 Å². The lowest BCUT2D eigenvalue weighted by Gasteiger charge is -2.19. The lowest BCUT2D eigenvalue weighted by Crippen LogP contribution is -2.31. The van der Waals surface area contributed by atoms with Crippen molar-refractivity contribution in [2.24, 2.45) is 0 Å². The second-order valence-corrected chi connectivity index (χ2v) is 4.61. The van der Waals surface area contributed by atoms with Crippen molar-refractivity contribution in [3.05, 3.63) is 35.4 Å². The summed E-state index contributed by atoms with van der Waals surface area (Å²) in [6.45, 7) is 1.84. The van der Waals surface area contributed by atoms with Gasteiger partial charge in [-0.05, 0) is 24.7 Å². The molecule has 19 heavy (non-hydrogen) atoms. The van der Waals surface area contributed by atoms with Crippen LogP contribution in [0.4, 0.5) is 4.79 Å². The second-order valence-electron chi connectivity index (χ2n) is 4.61. The molecule has 1 fully saturated rings. The number of alkyl carbamates (subject to hydrolysis) is 1. The van der Waals surface area contributed by atoms with E-state index in [1.165, 1.54) is 0 Å². The van der Waals surface area contributed by atoms with E-state index in [-0.39, 0.29) is 17.8 Å². The zero-order valence-corrected chi connectivity index (χ0v) is 10.6. The van der Waals surface area contributed by atoms with Crippen LogP contribution in [0.25, 0.3) is 0 Å². The fourth-order valence-corrected chi connectivity index (χ4v) is 2.01. The standard InChI is InChI=1S/C13H16N2O4/c1-15(8-11-6-14-13(18)19-11)7-9-2-4-10(5-3-9)12(16)17/h2-5,11H,6-8H2,1H3,(H,14,18)(H,16,17). The maximum Gasteiger partial charge on any atom is 0.407 e. The van der Waals surface area contributed by atoms with Crippen molar-refractivity contribution in [3.63, 3.8) is 0 Å². The van der Waals surface area contributed by atoms with Crippen LogP contribution in [-0.4, -0.2) is 48.3 Å². The smallest absolute Gasteiger partial charge is 0.407 e. The van der Waals surface area contributed by atoms with E-state index in [9.17, 15) is 9.59 Å². The number of hydrogen-bond donors (Lipinski definition) is 2. The number of amides is 1. The van der Waals surface area contributed by atoms with Crippen LogP contribution in [0.3, 0.4) is 0 Å². The highest BCUT2D eigenvalue weighted by molar-refractivity contribution is 5.87. The molecule has 0 radical (unpaired) electrons. The molecule has 1 saturated heterocycles. The molecule has 1 heterocycles. The third-order valence-corrected chi connectivity index (χ3v) is 2.92. The number of benzene rings is 1. The molecule has 102 valence electrons. The van der Waals surface area contributed by atoms with Crippen LogP contribution in [0.5, 0.6) is 0 Å². The highest BCUT2D eigenvalue weighted by Crippen LogP contribution is 2.09. The first-order chi connectivity index (χ1) is 9.04. The van der Waals surface area contributed by atoms with Gasteiger partial charge in [0.1, 0.15) is 6.10 Å². The van der Waals surface area contributed by atoms with Crippen molar-refractivity contribution in [1.29, 1.82) is 0 Å². The minimum absolute atomic E-state index is 0.129. The number of nitrogens with one attached hydrogen (secondary N) is 1. The fourth-order valence-electron chi connectivity index (χ4n) is 2.01. The van der Waals surface area contributed by atoms with Gasteiger partial charge in [-0.2, -0.15) is 0 Å². The van der Waals surface area contributed by atoms with Gasteiger partial charge in [0.2, 0.25) is 0 Å². The molecule has 1 aliphatic rings. The Hall–Kier alpha value is -2.08. The van der Waals surface area contributed by atoms with Crippen LogP contribution in [0.15, 0.2) is 24.3 Å². The lowest BCUT2D eigenvalue weighted by molar-refractivity contribution is 0.0697. The second kappa shape index (κ2) is 5.71. The number of aromatic carboxylic acids is 1. The molecule has 0 saturated carbocycles. The Balaban J connectivity index is 1.86. The first-order valence-electron chi connectivity index (χ1n) is 6.00. The minimum atomic E-state index is -0.927. The Morgan fingerprint density at radius 3 is 2.68 bits per heavy atom. The molecule has 1 amide bonds. The van der Waals surface area contributed by atoms with Gasteiger partial charge >= 0.3 is 12.1 Å². The highest BCUT2D eigenvalue weighted by Gasteiger charge is 2.23. The van der Waals surface area contributed by atoms with Crippen LogP contribution in [0.2, 0.25) is 0 Å². The third kappa shape index (κ3) is 3.69. The molecule has 2 N–H and O–H groups in total. The SMILES string of the molecule is CN(Cc1ccc(C(=O)O)cc1)CC1CNC(=O)O1. The molecule has 0 spiro atoms. The Kier molecular flexibility index (Phi) is 4.01. The van der Waals surface area contributed by atoms with E-state index in [2.05, 4.69) is 5.32 Å². The van der Waals surface area contributed by atoms with Gasteiger partial charge in [0.05, 0.1) is 12.1 Å². The van der Waals surface area contributed by atoms with E-state index in [0.29, 0.717) is 19.6 Å². The minimum Gasteiger partial charge on any atom is -0.478 e. The van der Waals surface area contributed by atoms with Gasteiger partial charge in [-0.1, -0.05) is 12.1 Å². The molecule has 6 heteroatoms. The summed E-state index contributed by atoms with van der Waals surface area (Å²) in [6, 6.07) is 6.75. The van der Waals surface area contributed by atoms with Gasteiger partial charge in [-0.15, -0.1) is 0 Å². The summed E-state index contributed by atoms with van der Waals surface area (Å²) in [6.07, 6.45) is -0.500. The van der Waals surface area contributed by atoms with Gasteiger partial charge in [0, 0.05) is 13.1 Å². The van der Waals surface area contributed by atoms with E-state index in [1.54, 1.807) is 24.3 Å². The third-order valence-electron chi connectivity index (χ3n) is 2.92. The fraction of sp³-hybridized carbons (Fsp3) is 0.385. The monoisotopic (exact) mass is 264 g/mol. The Morgan fingerprint density at radius 1 is 1.47 bits per heavy atom. The summed E-state index contributed by atoms with van der Waals surface area (Å²) < 4.78 is 5.05. The van der Waals surface area contributed by atoms with Crippen molar-refractivity contribution in [2.75, 3.05) is 20.1 Å². The molecule has 1 aromatic rings. The van der Waals surface area contributed by atoms with Crippen LogP contribution >= 0.6 is 0 Å². The molecular weight excluding hydrogens is 248 g/mol. The van der Waals surface area contributed by atoms with E-state index in [4.69, 9.17) is 9.84 Å². The molecule has 1 aliphatic heterocycles. The number of carbonyl (C=O) groups is 2. The summed E-state index contributed by atoms with van der Waals surface area (Å²) in [5.74, 6) is -0.927. The molecule has 0 aromatic heterocycles. The zero-order valence-electron chi connectivity index (χ0n) is 10.6. The molecule has 6 nitrogen and oxygen atoms in total. The molecule has 0 aliphatic carbocycles. The van der Waals surface area contributed by atoms with E-state index >= 15 is 0 Å². The van der Waals surface area contributed by atoms with Crippen molar-refractivity contribution in [3.8, 4) is 0 Å². The Morgan fingerprint density at radius 2 is 2.16 bits per heavy atom. The van der Waals surface area contributed by atoms with E-state index in [0.717, 1.165) is 5.56 Å². The number of carboxylic acid groups (broad SMARTS) is 1. The summed E-state index contributed by atoms with van der Waals surface area (Å²) >= 11 is 0. The number of likely N-dealkylation sites (N-methyl/N-ethyl adjacent to an activating group) is 1. The van der Waals surface area contributed by atoms with Crippen molar-refractivity contribution < 1.29 is 19.4 Å². The number of rotatable bonds is 5. The van der Waals surface area contributed by atoms with Gasteiger partial charge in [-0.3, -0.25) is 4.90 Å². The number of hydrogen-bond acceptors (Lipinski definition) is 4. The summed E-state index contributed by atoms with van der Waals surface area (Å²) in [5, 5.41) is 11.4. The molecule has 1 aromatic carbocycles. The topological polar surface area (TPSA) is 78.9 Å². The zero-order chi connectivity index (χ0) is 13.8. The van der Waals surface area contributed by atoms with Gasteiger partial charge in [-0.25, -0.2) is 9.59 Å². The largest absolute Gasteiger partial charge is 0.478 e. The quantitative estimate of drug-likeness (QED) is 0.827. The van der Waals surface area contributed by atoms with Crippen molar-refractivity contribution >= 4 is 12.1 Å². The predicted octanol–water partition coefficient (Wildman–Crippen LogP) is 0.925. The van der Waals surface area contributed by atoms with E-state index in [1.807, 2.05) is 11.9 Å². The lowest BCUT2D eigenvalue weighted by atomic mass is 10.1. The predicted molar refractivity (Wildman–Crippen MR) is 68.0 cm³/mol. The van der Waals surface area contributed by atoms with Crippen molar-refractivity contribution in [2.45, 2.75) is 12.6 Å². The average molecular weight is 264 g/mol. The van der Waals surface area contributed by atoms with Crippen molar-refractivity contribution in [1.82, 2.24) is 10.2 Å². The number of carboxylic acids is 1.